The Labute approximate surface area is 83.8 Å². The molecule has 0 fully saturated rings. The highest BCUT2D eigenvalue weighted by molar-refractivity contribution is 7.05. The minimum atomic E-state index is 0.470. The fourth-order valence-corrected chi connectivity index (χ4v) is 2.35. The molecule has 3 nitrogen and oxygen atoms in total. The smallest absolute Gasteiger partial charge is 0.139 e. The summed E-state index contributed by atoms with van der Waals surface area (Å²) in [4.78, 5) is 4.42. The van der Waals surface area contributed by atoms with Crippen LogP contribution in [0.4, 0.5) is 0 Å². The summed E-state index contributed by atoms with van der Waals surface area (Å²) in [6.45, 7) is 6.32. The van der Waals surface area contributed by atoms with Gasteiger partial charge >= 0.3 is 0 Å². The van der Waals surface area contributed by atoms with Gasteiger partial charge in [0.05, 0.1) is 0 Å². The Balaban J connectivity index is 2.77. The van der Waals surface area contributed by atoms with Gasteiger partial charge in [0.25, 0.3) is 0 Å². The molecule has 0 saturated carbocycles. The Morgan fingerprint density at radius 1 is 1.54 bits per heavy atom. The van der Waals surface area contributed by atoms with E-state index in [1.54, 1.807) is 0 Å². The van der Waals surface area contributed by atoms with E-state index in [0.717, 1.165) is 17.3 Å². The van der Waals surface area contributed by atoms with Crippen molar-refractivity contribution in [1.29, 1.82) is 0 Å². The van der Waals surface area contributed by atoms with E-state index in [1.807, 2.05) is 14.0 Å². The highest BCUT2D eigenvalue weighted by Gasteiger charge is 2.19. The van der Waals surface area contributed by atoms with Crippen molar-refractivity contribution in [3.05, 3.63) is 10.8 Å². The van der Waals surface area contributed by atoms with E-state index < -0.39 is 0 Å². The maximum atomic E-state index is 4.42. The summed E-state index contributed by atoms with van der Waals surface area (Å²) in [6.07, 6.45) is 1.11. The molecular formula is C9H17N3S. The second kappa shape index (κ2) is 4.67. The molecule has 0 radical (unpaired) electrons. The van der Waals surface area contributed by atoms with Crippen LogP contribution in [0.3, 0.4) is 0 Å². The van der Waals surface area contributed by atoms with Gasteiger partial charge in [0.2, 0.25) is 0 Å². The largest absolute Gasteiger partial charge is 0.317 e. The van der Waals surface area contributed by atoms with Crippen LogP contribution in [0.25, 0.3) is 0 Å². The van der Waals surface area contributed by atoms with Gasteiger partial charge < -0.3 is 5.32 Å². The maximum Gasteiger partial charge on any atom is 0.139 e. The van der Waals surface area contributed by atoms with Crippen molar-refractivity contribution in [3.8, 4) is 0 Å². The Kier molecular flexibility index (Phi) is 3.81. The van der Waals surface area contributed by atoms with Crippen molar-refractivity contribution >= 4 is 11.5 Å². The van der Waals surface area contributed by atoms with E-state index in [4.69, 9.17) is 0 Å². The highest BCUT2D eigenvalue weighted by atomic mass is 32.1. The molecule has 1 rings (SSSR count). The normalized spacial score (nSPS) is 15.7. The van der Waals surface area contributed by atoms with Crippen LogP contribution in [-0.2, 0) is 0 Å². The number of aryl methyl sites for hydroxylation is 1. The molecule has 0 spiro atoms. The van der Waals surface area contributed by atoms with E-state index in [2.05, 4.69) is 28.5 Å². The lowest BCUT2D eigenvalue weighted by Crippen LogP contribution is -2.28. The second-order valence-corrected chi connectivity index (χ2v) is 4.06. The molecule has 4 heteroatoms. The van der Waals surface area contributed by atoms with Crippen LogP contribution in [0.5, 0.6) is 0 Å². The first kappa shape index (κ1) is 10.6. The molecule has 1 aromatic heterocycles. The standard InChI is InChI=1S/C9H17N3S/c1-5-8(6(2)10-4)9-11-7(3)12-13-9/h6,8,10H,5H2,1-4H3. The van der Waals surface area contributed by atoms with Gasteiger partial charge in [0, 0.05) is 12.0 Å². The van der Waals surface area contributed by atoms with Gasteiger partial charge in [-0.25, -0.2) is 4.98 Å². The van der Waals surface area contributed by atoms with Crippen LogP contribution in [0.2, 0.25) is 0 Å². The summed E-state index contributed by atoms with van der Waals surface area (Å²) in [5.74, 6) is 1.39. The molecule has 1 N–H and O–H groups in total. The van der Waals surface area contributed by atoms with Gasteiger partial charge in [0.15, 0.2) is 0 Å². The Hall–Kier alpha value is -0.480. The lowest BCUT2D eigenvalue weighted by Gasteiger charge is -2.19. The zero-order valence-corrected chi connectivity index (χ0v) is 9.48. The minimum Gasteiger partial charge on any atom is -0.317 e. The quantitative estimate of drug-likeness (QED) is 0.805. The SMILES string of the molecule is CCC(c1nc(C)ns1)C(C)NC. The van der Waals surface area contributed by atoms with E-state index >= 15 is 0 Å². The monoisotopic (exact) mass is 199 g/mol. The van der Waals surface area contributed by atoms with E-state index in [0.29, 0.717) is 12.0 Å². The zero-order chi connectivity index (χ0) is 9.84. The first-order chi connectivity index (χ1) is 6.19. The van der Waals surface area contributed by atoms with Gasteiger partial charge in [0.1, 0.15) is 10.8 Å². The van der Waals surface area contributed by atoms with E-state index in [-0.39, 0.29) is 0 Å². The molecule has 0 saturated heterocycles. The van der Waals surface area contributed by atoms with E-state index in [1.165, 1.54) is 11.5 Å². The summed E-state index contributed by atoms with van der Waals surface area (Å²) in [5, 5.41) is 4.42. The van der Waals surface area contributed by atoms with Crippen molar-refractivity contribution in [2.75, 3.05) is 7.05 Å². The third kappa shape index (κ3) is 2.48. The maximum absolute atomic E-state index is 4.42. The van der Waals surface area contributed by atoms with Gasteiger partial charge in [-0.3, -0.25) is 0 Å². The topological polar surface area (TPSA) is 37.8 Å². The average molecular weight is 199 g/mol. The summed E-state index contributed by atoms with van der Waals surface area (Å²) >= 11 is 1.52. The second-order valence-electron chi connectivity index (χ2n) is 3.27. The van der Waals surface area contributed by atoms with Crippen LogP contribution >= 0.6 is 11.5 Å². The number of hydrogen-bond acceptors (Lipinski definition) is 4. The number of nitrogens with zero attached hydrogens (tertiary/aromatic N) is 2. The lowest BCUT2D eigenvalue weighted by molar-refractivity contribution is 0.481. The Morgan fingerprint density at radius 3 is 2.62 bits per heavy atom. The lowest BCUT2D eigenvalue weighted by atomic mass is 9.99. The highest BCUT2D eigenvalue weighted by Crippen LogP contribution is 2.24. The summed E-state index contributed by atoms with van der Waals surface area (Å²) in [7, 11) is 1.99. The van der Waals surface area contributed by atoms with Crippen LogP contribution in [0.1, 0.15) is 37.0 Å². The molecule has 2 unspecified atom stereocenters. The molecular weight excluding hydrogens is 182 g/mol. The Bertz CT molecular complexity index is 259. The Morgan fingerprint density at radius 2 is 2.23 bits per heavy atom. The molecule has 0 bridgehead atoms. The average Bonchev–Trinajstić information content (AvgIpc) is 2.53. The predicted octanol–water partition coefficient (Wildman–Crippen LogP) is 1.95. The number of likely N-dealkylation sites (N-methyl/N-ethyl adjacent to an activating group) is 1. The molecule has 0 aliphatic heterocycles. The van der Waals surface area contributed by atoms with Gasteiger partial charge in [-0.15, -0.1) is 0 Å². The predicted molar refractivity (Wildman–Crippen MR) is 56.2 cm³/mol. The van der Waals surface area contributed by atoms with Gasteiger partial charge in [-0.1, -0.05) is 6.92 Å². The molecule has 0 aliphatic rings. The van der Waals surface area contributed by atoms with Crippen LogP contribution in [-0.4, -0.2) is 22.4 Å². The van der Waals surface area contributed by atoms with Gasteiger partial charge in [-0.2, -0.15) is 4.37 Å². The van der Waals surface area contributed by atoms with Crippen LogP contribution < -0.4 is 5.32 Å². The third-order valence-electron chi connectivity index (χ3n) is 2.36. The molecule has 1 aromatic rings. The number of rotatable bonds is 4. The fourth-order valence-electron chi connectivity index (χ4n) is 1.41. The fraction of sp³-hybridized carbons (Fsp3) is 0.778. The summed E-state index contributed by atoms with van der Waals surface area (Å²) in [6, 6.07) is 0.470. The first-order valence-corrected chi connectivity index (χ1v) is 5.43. The van der Waals surface area contributed by atoms with Crippen molar-refractivity contribution in [2.24, 2.45) is 0 Å². The molecule has 13 heavy (non-hydrogen) atoms. The minimum absolute atomic E-state index is 0.470. The summed E-state index contributed by atoms with van der Waals surface area (Å²) < 4.78 is 4.20. The van der Waals surface area contributed by atoms with Crippen molar-refractivity contribution in [2.45, 2.75) is 39.2 Å². The molecule has 0 aromatic carbocycles. The molecule has 1 heterocycles. The number of nitrogens with one attached hydrogen (secondary N) is 1. The van der Waals surface area contributed by atoms with Crippen LogP contribution in [0, 0.1) is 6.92 Å². The summed E-state index contributed by atoms with van der Waals surface area (Å²) in [5.41, 5.74) is 0. The van der Waals surface area contributed by atoms with Crippen molar-refractivity contribution in [1.82, 2.24) is 14.7 Å². The zero-order valence-electron chi connectivity index (χ0n) is 8.66. The van der Waals surface area contributed by atoms with Gasteiger partial charge in [-0.05, 0) is 38.8 Å². The number of hydrogen-bond donors (Lipinski definition) is 1. The molecule has 0 amide bonds. The molecule has 2 atom stereocenters. The van der Waals surface area contributed by atoms with E-state index in [9.17, 15) is 0 Å². The number of aromatic nitrogens is 2. The van der Waals surface area contributed by atoms with Crippen molar-refractivity contribution in [3.63, 3.8) is 0 Å². The molecule has 0 aliphatic carbocycles. The third-order valence-corrected chi connectivity index (χ3v) is 3.30. The van der Waals surface area contributed by atoms with Crippen LogP contribution in [0.15, 0.2) is 0 Å². The molecule has 74 valence electrons. The van der Waals surface area contributed by atoms with Crippen molar-refractivity contribution < 1.29 is 0 Å². The first-order valence-electron chi connectivity index (χ1n) is 4.66.